The van der Waals surface area contributed by atoms with Crippen LogP contribution in [0.2, 0.25) is 0 Å². The predicted molar refractivity (Wildman–Crippen MR) is 169 cm³/mol. The van der Waals surface area contributed by atoms with Crippen molar-refractivity contribution in [2.75, 3.05) is 13.2 Å². The number of hydrogen-bond donors (Lipinski definition) is 1. The number of azide groups is 4. The molecule has 0 spiro atoms. The summed E-state index contributed by atoms with van der Waals surface area (Å²) in [4.78, 5) is 71.6. The van der Waals surface area contributed by atoms with Crippen LogP contribution in [0.1, 0.15) is 41.0 Å². The van der Waals surface area contributed by atoms with E-state index in [2.05, 4.69) is 40.1 Å². The third kappa shape index (κ3) is 11.2. The zero-order chi connectivity index (χ0) is 40.1. The molecule has 0 amide bonds. The first-order chi connectivity index (χ1) is 25.6. The number of hydrogen-bond acceptors (Lipinski definition) is 19. The molecular weight excluding hydrogens is 732 g/mol. The Morgan fingerprint density at radius 2 is 1.13 bits per heavy atom. The van der Waals surface area contributed by atoms with Gasteiger partial charge in [-0.1, -0.05) is 20.5 Å². The number of rotatable bonds is 15. The van der Waals surface area contributed by atoms with Gasteiger partial charge in [-0.3, -0.25) is 24.0 Å². The average molecular weight is 769 g/mol. The highest BCUT2D eigenvalue weighted by Crippen LogP contribution is 2.38. The van der Waals surface area contributed by atoms with Crippen molar-refractivity contribution in [2.45, 2.75) is 127 Å². The Balaban J connectivity index is 2.14. The van der Waals surface area contributed by atoms with Crippen molar-refractivity contribution in [1.29, 1.82) is 0 Å². The van der Waals surface area contributed by atoms with Crippen molar-refractivity contribution >= 4 is 29.8 Å². The van der Waals surface area contributed by atoms with Gasteiger partial charge in [0.05, 0.1) is 24.7 Å². The topological polar surface area (TPSA) is 384 Å². The maximum Gasteiger partial charge on any atom is 0.303 e. The number of esters is 5. The Bertz CT molecular complexity index is 1610. The van der Waals surface area contributed by atoms with E-state index in [0.29, 0.717) is 0 Å². The molecule has 27 heteroatoms. The van der Waals surface area contributed by atoms with E-state index >= 15 is 0 Å². The maximum atomic E-state index is 12.5. The van der Waals surface area contributed by atoms with Crippen molar-refractivity contribution < 1.29 is 71.7 Å². The number of aliphatic hydroxyl groups is 1. The van der Waals surface area contributed by atoms with Gasteiger partial charge in [-0.25, -0.2) is 0 Å². The molecule has 1 N–H and O–H groups in total. The SMILES string of the molecule is CC(=O)OC[C@H]1O[C@@H](O[C@H]2[C@H](O)C(N=[N+]=[N-])CC(N=[N+]=[N-])[C@@H]2OC(C)=O)[C@H](OC(C)=O)[C@@H]1O[C@H]1O[C@@H](CN=[N+]=[N-])[C@@H](OC(C)=O)[C@H](OC(C)=O)C1N=[N+]=[N-]. The standard InChI is InChI=1S/C27H36N12O15/c1-9(40)46-8-17-22(53-26-18(35-39-31)23(49-12(4)43)21(48-11(3)42)16(51-26)7-32-36-28)25(50-13(5)44)27(52-17)54-24-19(45)14(33-37-29)6-15(34-38-30)20(24)47-10(2)41/h14-27,45H,6-8H2,1-5H3/t14?,15?,16-,17+,18?,19+,20-,21+,22+,23+,24-,25+,26+,27-/m0/s1. The smallest absolute Gasteiger partial charge is 0.303 e. The van der Waals surface area contributed by atoms with Gasteiger partial charge < -0.3 is 47.7 Å². The van der Waals surface area contributed by atoms with Gasteiger partial charge in [-0.15, -0.1) is 0 Å². The summed E-state index contributed by atoms with van der Waals surface area (Å²) in [7, 11) is 0. The number of carbonyl (C=O) groups is 5. The zero-order valence-corrected chi connectivity index (χ0v) is 29.2. The normalized spacial score (nSPS) is 34.2. The van der Waals surface area contributed by atoms with E-state index < -0.39 is 129 Å². The van der Waals surface area contributed by atoms with Crippen LogP contribution in [0.3, 0.4) is 0 Å². The molecule has 0 aromatic carbocycles. The Hall–Kier alpha value is -5.61. The van der Waals surface area contributed by atoms with Gasteiger partial charge >= 0.3 is 29.8 Å². The van der Waals surface area contributed by atoms with Crippen molar-refractivity contribution in [3.8, 4) is 0 Å². The van der Waals surface area contributed by atoms with Crippen LogP contribution >= 0.6 is 0 Å². The molecule has 14 atom stereocenters. The molecule has 3 rings (SSSR count). The summed E-state index contributed by atoms with van der Waals surface area (Å²) >= 11 is 0. The van der Waals surface area contributed by atoms with E-state index in [4.69, 9.17) is 53.7 Å². The van der Waals surface area contributed by atoms with Crippen LogP contribution < -0.4 is 0 Å². The van der Waals surface area contributed by atoms with Crippen molar-refractivity contribution in [3.63, 3.8) is 0 Å². The molecule has 0 aromatic rings. The van der Waals surface area contributed by atoms with Gasteiger partial charge in [-0.2, -0.15) is 0 Å². The van der Waals surface area contributed by atoms with E-state index in [-0.39, 0.29) is 6.42 Å². The van der Waals surface area contributed by atoms with Crippen LogP contribution in [0.15, 0.2) is 20.5 Å². The highest BCUT2D eigenvalue weighted by molar-refractivity contribution is 5.68. The van der Waals surface area contributed by atoms with Crippen molar-refractivity contribution in [2.24, 2.45) is 20.5 Å². The molecule has 2 saturated heterocycles. The second-order valence-corrected chi connectivity index (χ2v) is 11.8. The molecule has 27 nitrogen and oxygen atoms in total. The van der Waals surface area contributed by atoms with Gasteiger partial charge in [0.1, 0.15) is 43.2 Å². The van der Waals surface area contributed by atoms with Crippen molar-refractivity contribution in [3.05, 3.63) is 41.8 Å². The summed E-state index contributed by atoms with van der Waals surface area (Å²) in [6, 6.07) is -4.21. The largest absolute Gasteiger partial charge is 0.463 e. The summed E-state index contributed by atoms with van der Waals surface area (Å²) < 4.78 is 50.9. The molecule has 3 aliphatic rings. The molecule has 54 heavy (non-hydrogen) atoms. The molecule has 294 valence electrons. The van der Waals surface area contributed by atoms with E-state index in [9.17, 15) is 40.1 Å². The van der Waals surface area contributed by atoms with Gasteiger partial charge in [0.25, 0.3) is 0 Å². The van der Waals surface area contributed by atoms with Crippen LogP contribution in [-0.2, 0) is 66.6 Å². The lowest BCUT2D eigenvalue weighted by molar-refractivity contribution is -0.286. The van der Waals surface area contributed by atoms with Crippen LogP contribution in [-0.4, -0.2) is 134 Å². The molecule has 2 aliphatic heterocycles. The number of carbonyl (C=O) groups excluding carboxylic acids is 5. The lowest BCUT2D eigenvalue weighted by atomic mass is 9.84. The molecular formula is C27H36N12O15. The fraction of sp³-hybridized carbons (Fsp3) is 0.815. The molecule has 2 heterocycles. The van der Waals surface area contributed by atoms with Crippen LogP contribution in [0.25, 0.3) is 41.8 Å². The van der Waals surface area contributed by atoms with E-state index in [1.807, 2.05) is 0 Å². The number of ether oxygens (including phenoxy) is 9. The molecule has 0 aromatic heterocycles. The highest BCUT2D eigenvalue weighted by atomic mass is 16.8. The third-order valence-corrected chi connectivity index (χ3v) is 7.95. The second kappa shape index (κ2) is 20.0. The van der Waals surface area contributed by atoms with E-state index in [1.165, 1.54) is 0 Å². The Labute approximate surface area is 303 Å². The monoisotopic (exact) mass is 768 g/mol. The maximum absolute atomic E-state index is 12.5. The summed E-state index contributed by atoms with van der Waals surface area (Å²) in [5.74, 6) is -4.44. The predicted octanol–water partition coefficient (Wildman–Crippen LogP) is 1.61. The lowest BCUT2D eigenvalue weighted by Gasteiger charge is -2.44. The minimum absolute atomic E-state index is 0.276. The van der Waals surface area contributed by atoms with Gasteiger partial charge in [0.15, 0.2) is 30.9 Å². The first-order valence-electron chi connectivity index (χ1n) is 15.9. The summed E-state index contributed by atoms with van der Waals surface area (Å²) in [6.45, 7) is 3.96. The van der Waals surface area contributed by atoms with Crippen molar-refractivity contribution in [1.82, 2.24) is 0 Å². The van der Waals surface area contributed by atoms with Gasteiger partial charge in [-0.05, 0) is 28.5 Å². The molecule has 3 fully saturated rings. The first kappa shape index (κ1) is 42.8. The Morgan fingerprint density at radius 1 is 0.611 bits per heavy atom. The van der Waals surface area contributed by atoms with E-state index in [1.54, 1.807) is 0 Å². The summed E-state index contributed by atoms with van der Waals surface area (Å²) in [6.07, 6.45) is -18.1. The fourth-order valence-electron chi connectivity index (χ4n) is 6.05. The van der Waals surface area contributed by atoms with Crippen LogP contribution in [0.4, 0.5) is 0 Å². The minimum atomic E-state index is -1.81. The molecule has 1 saturated carbocycles. The first-order valence-corrected chi connectivity index (χ1v) is 15.9. The summed E-state index contributed by atoms with van der Waals surface area (Å²) in [5, 5.41) is 25.5. The number of nitrogens with zero attached hydrogens (tertiary/aromatic N) is 12. The molecule has 1 aliphatic carbocycles. The molecule has 0 radical (unpaired) electrons. The van der Waals surface area contributed by atoms with Gasteiger partial charge in [0.2, 0.25) is 0 Å². The van der Waals surface area contributed by atoms with Crippen LogP contribution in [0, 0.1) is 0 Å². The minimum Gasteiger partial charge on any atom is -0.463 e. The highest BCUT2D eigenvalue weighted by Gasteiger charge is 2.57. The number of aliphatic hydroxyl groups excluding tert-OH is 1. The lowest BCUT2D eigenvalue weighted by Crippen LogP contribution is -2.62. The van der Waals surface area contributed by atoms with Crippen LogP contribution in [0.5, 0.6) is 0 Å². The Kier molecular flexibility index (Phi) is 15.9. The molecule has 0 bridgehead atoms. The van der Waals surface area contributed by atoms with Gasteiger partial charge in [0, 0.05) is 54.3 Å². The van der Waals surface area contributed by atoms with E-state index in [0.717, 1.165) is 34.6 Å². The average Bonchev–Trinajstić information content (AvgIpc) is 3.39. The zero-order valence-electron chi connectivity index (χ0n) is 29.2. The fourth-order valence-corrected chi connectivity index (χ4v) is 6.05. The quantitative estimate of drug-likeness (QED) is 0.0812. The summed E-state index contributed by atoms with van der Waals surface area (Å²) in [5.41, 5.74) is 36.8. The Morgan fingerprint density at radius 3 is 1.69 bits per heavy atom. The third-order valence-electron chi connectivity index (χ3n) is 7.95. The molecule has 3 unspecified atom stereocenters. The second-order valence-electron chi connectivity index (χ2n) is 11.8.